The first-order chi connectivity index (χ1) is 7.69. The Bertz CT molecular complexity index is 418. The van der Waals surface area contributed by atoms with E-state index in [1.807, 2.05) is 0 Å². The molecule has 2 amide bonds. The molecule has 0 saturated heterocycles. The van der Waals surface area contributed by atoms with E-state index in [-0.39, 0.29) is 11.4 Å². The zero-order chi connectivity index (χ0) is 13.2. The predicted molar refractivity (Wildman–Crippen MR) is 62.7 cm³/mol. The van der Waals surface area contributed by atoms with Gasteiger partial charge in [0.15, 0.2) is 5.82 Å². The average molecular weight is 243 g/mol. The zero-order valence-electron chi connectivity index (χ0n) is 9.90. The molecule has 4 N–H and O–H groups in total. The van der Waals surface area contributed by atoms with Crippen molar-refractivity contribution in [2.24, 2.45) is 0 Å². The molecule has 6 heteroatoms. The van der Waals surface area contributed by atoms with E-state index in [2.05, 4.69) is 10.6 Å². The first kappa shape index (κ1) is 13.2. The first-order valence-electron chi connectivity index (χ1n) is 5.03. The van der Waals surface area contributed by atoms with E-state index in [4.69, 9.17) is 5.73 Å². The lowest BCUT2D eigenvalue weighted by Crippen LogP contribution is -2.43. The highest BCUT2D eigenvalue weighted by atomic mass is 19.1. The molecule has 0 saturated carbocycles. The van der Waals surface area contributed by atoms with E-state index >= 15 is 0 Å². The van der Waals surface area contributed by atoms with E-state index in [0.29, 0.717) is 6.07 Å². The van der Waals surface area contributed by atoms with Gasteiger partial charge in [0.2, 0.25) is 0 Å². The molecule has 17 heavy (non-hydrogen) atoms. The Morgan fingerprint density at radius 2 is 1.88 bits per heavy atom. The van der Waals surface area contributed by atoms with Crippen LogP contribution < -0.4 is 16.4 Å². The van der Waals surface area contributed by atoms with Gasteiger partial charge < -0.3 is 16.4 Å². The minimum absolute atomic E-state index is 0.161. The molecule has 0 aliphatic heterocycles. The average Bonchev–Trinajstić information content (AvgIpc) is 2.08. The Labute approximate surface area is 98.2 Å². The molecule has 4 nitrogen and oxygen atoms in total. The highest BCUT2D eigenvalue weighted by Gasteiger charge is 2.16. The van der Waals surface area contributed by atoms with Crippen LogP contribution in [0.1, 0.15) is 20.8 Å². The summed E-state index contributed by atoms with van der Waals surface area (Å²) in [6.45, 7) is 5.32. The number of nitrogen functional groups attached to an aromatic ring is 1. The fraction of sp³-hybridized carbons (Fsp3) is 0.364. The Morgan fingerprint density at radius 1 is 1.29 bits per heavy atom. The molecule has 0 aliphatic rings. The molecule has 0 aliphatic carbocycles. The van der Waals surface area contributed by atoms with Crippen molar-refractivity contribution in [1.82, 2.24) is 5.32 Å². The van der Waals surface area contributed by atoms with Crippen molar-refractivity contribution < 1.29 is 13.6 Å². The molecule has 1 aromatic rings. The highest BCUT2D eigenvalue weighted by Crippen LogP contribution is 2.23. The number of halogens is 2. The van der Waals surface area contributed by atoms with Gasteiger partial charge in [0.25, 0.3) is 0 Å². The van der Waals surface area contributed by atoms with Gasteiger partial charge in [0, 0.05) is 11.6 Å². The summed E-state index contributed by atoms with van der Waals surface area (Å²) in [5, 5.41) is 4.82. The Morgan fingerprint density at radius 3 is 2.35 bits per heavy atom. The molecule has 0 atom stereocenters. The smallest absolute Gasteiger partial charge is 0.319 e. The van der Waals surface area contributed by atoms with Gasteiger partial charge in [0.05, 0.1) is 5.69 Å². The van der Waals surface area contributed by atoms with Crippen LogP contribution in [0.2, 0.25) is 0 Å². The molecule has 0 unspecified atom stereocenters. The second-order valence-corrected chi connectivity index (χ2v) is 4.68. The summed E-state index contributed by atoms with van der Waals surface area (Å²) in [4.78, 5) is 11.5. The summed E-state index contributed by atoms with van der Waals surface area (Å²) in [6.07, 6.45) is 0. The van der Waals surface area contributed by atoms with Crippen molar-refractivity contribution in [3.8, 4) is 0 Å². The van der Waals surface area contributed by atoms with Gasteiger partial charge in [-0.3, -0.25) is 0 Å². The molecule has 0 radical (unpaired) electrons. The lowest BCUT2D eigenvalue weighted by molar-refractivity contribution is 0.243. The van der Waals surface area contributed by atoms with E-state index < -0.39 is 23.2 Å². The van der Waals surface area contributed by atoms with Gasteiger partial charge in [-0.25, -0.2) is 13.6 Å². The van der Waals surface area contributed by atoms with Crippen LogP contribution in [0.15, 0.2) is 12.1 Å². The fourth-order valence-electron chi connectivity index (χ4n) is 1.21. The highest BCUT2D eigenvalue weighted by molar-refractivity contribution is 5.93. The number of carbonyl (C=O) groups is 1. The van der Waals surface area contributed by atoms with Crippen LogP contribution in [0, 0.1) is 11.6 Å². The summed E-state index contributed by atoms with van der Waals surface area (Å²) >= 11 is 0. The monoisotopic (exact) mass is 243 g/mol. The zero-order valence-corrected chi connectivity index (χ0v) is 9.90. The summed E-state index contributed by atoms with van der Waals surface area (Å²) in [5.41, 5.74) is 4.56. The van der Waals surface area contributed by atoms with Crippen molar-refractivity contribution in [3.05, 3.63) is 23.8 Å². The van der Waals surface area contributed by atoms with Gasteiger partial charge >= 0.3 is 6.03 Å². The van der Waals surface area contributed by atoms with Crippen molar-refractivity contribution in [2.75, 3.05) is 11.1 Å². The van der Waals surface area contributed by atoms with E-state index in [0.717, 1.165) is 6.07 Å². The summed E-state index contributed by atoms with van der Waals surface area (Å²) in [7, 11) is 0. The molecule has 1 aromatic carbocycles. The van der Waals surface area contributed by atoms with Crippen LogP contribution in [0.4, 0.5) is 25.0 Å². The third kappa shape index (κ3) is 3.90. The second-order valence-electron chi connectivity index (χ2n) is 4.68. The van der Waals surface area contributed by atoms with Crippen LogP contribution in [0.3, 0.4) is 0 Å². The molecular weight excluding hydrogens is 228 g/mol. The van der Waals surface area contributed by atoms with Crippen molar-refractivity contribution in [1.29, 1.82) is 0 Å². The largest absolute Gasteiger partial charge is 0.397 e. The van der Waals surface area contributed by atoms with Crippen molar-refractivity contribution in [3.63, 3.8) is 0 Å². The van der Waals surface area contributed by atoms with Crippen LogP contribution in [0.25, 0.3) is 0 Å². The van der Waals surface area contributed by atoms with Gasteiger partial charge in [-0.05, 0) is 26.8 Å². The first-order valence-corrected chi connectivity index (χ1v) is 5.03. The Hall–Kier alpha value is -1.85. The topological polar surface area (TPSA) is 67.2 Å². The number of hydrogen-bond acceptors (Lipinski definition) is 2. The number of urea groups is 1. The normalized spacial score (nSPS) is 11.1. The summed E-state index contributed by atoms with van der Waals surface area (Å²) < 4.78 is 26.1. The third-order valence-electron chi connectivity index (χ3n) is 1.81. The minimum Gasteiger partial charge on any atom is -0.397 e. The number of benzene rings is 1. The predicted octanol–water partition coefficient (Wildman–Crippen LogP) is 2.47. The number of carbonyl (C=O) groups excluding carboxylic acids is 1. The standard InChI is InChI=1S/C11H15F2N3O/c1-11(2,3)16-10(17)15-9-7(13)4-6(12)5-8(9)14/h4-5H,14H2,1-3H3,(H2,15,16,17). The molecule has 1 rings (SSSR count). The maximum Gasteiger partial charge on any atom is 0.319 e. The molecule has 0 bridgehead atoms. The number of nitrogens with two attached hydrogens (primary N) is 1. The van der Waals surface area contributed by atoms with E-state index in [1.54, 1.807) is 20.8 Å². The number of nitrogens with one attached hydrogen (secondary N) is 2. The Kier molecular flexibility index (Phi) is 3.55. The minimum atomic E-state index is -0.911. The van der Waals surface area contributed by atoms with Crippen LogP contribution in [-0.2, 0) is 0 Å². The maximum atomic E-state index is 13.3. The molecule has 0 fully saturated rings. The fourth-order valence-corrected chi connectivity index (χ4v) is 1.21. The summed E-state index contributed by atoms with van der Waals surface area (Å²) in [6, 6.07) is 0.994. The number of amides is 2. The van der Waals surface area contributed by atoms with Crippen LogP contribution in [-0.4, -0.2) is 11.6 Å². The summed E-state index contributed by atoms with van der Waals surface area (Å²) in [5.74, 6) is -1.70. The van der Waals surface area contributed by atoms with E-state index in [9.17, 15) is 13.6 Å². The lowest BCUT2D eigenvalue weighted by Gasteiger charge is -2.21. The molecule has 0 spiro atoms. The second kappa shape index (κ2) is 4.57. The SMILES string of the molecule is CC(C)(C)NC(=O)Nc1c(N)cc(F)cc1F. The molecular formula is C11H15F2N3O. The van der Waals surface area contributed by atoms with Gasteiger partial charge in [-0.2, -0.15) is 0 Å². The van der Waals surface area contributed by atoms with Crippen molar-refractivity contribution >= 4 is 17.4 Å². The van der Waals surface area contributed by atoms with E-state index in [1.165, 1.54) is 0 Å². The van der Waals surface area contributed by atoms with Gasteiger partial charge in [0.1, 0.15) is 11.5 Å². The van der Waals surface area contributed by atoms with Crippen LogP contribution in [0.5, 0.6) is 0 Å². The third-order valence-corrected chi connectivity index (χ3v) is 1.81. The molecule has 94 valence electrons. The number of hydrogen-bond donors (Lipinski definition) is 3. The lowest BCUT2D eigenvalue weighted by atomic mass is 10.1. The maximum absolute atomic E-state index is 13.3. The molecule has 0 heterocycles. The Balaban J connectivity index is 2.86. The van der Waals surface area contributed by atoms with Crippen LogP contribution >= 0.6 is 0 Å². The van der Waals surface area contributed by atoms with Gasteiger partial charge in [-0.15, -0.1) is 0 Å². The molecule has 0 aromatic heterocycles. The number of anilines is 2. The quantitative estimate of drug-likeness (QED) is 0.663. The van der Waals surface area contributed by atoms with Crippen molar-refractivity contribution in [2.45, 2.75) is 26.3 Å². The van der Waals surface area contributed by atoms with Gasteiger partial charge in [-0.1, -0.05) is 0 Å². The number of rotatable bonds is 1.